The Labute approximate surface area is 220 Å². The van der Waals surface area contributed by atoms with Crippen LogP contribution in [0.4, 0.5) is 4.39 Å². The molecule has 1 aromatic heterocycles. The van der Waals surface area contributed by atoms with Crippen molar-refractivity contribution in [3.8, 4) is 16.9 Å². The van der Waals surface area contributed by atoms with Crippen LogP contribution in [0.25, 0.3) is 32.8 Å². The Morgan fingerprint density at radius 2 is 1.97 bits per heavy atom. The number of halogens is 2. The largest absolute Gasteiger partial charge is 0.493 e. The van der Waals surface area contributed by atoms with Crippen LogP contribution in [0.2, 0.25) is 5.02 Å². The lowest BCUT2D eigenvalue weighted by molar-refractivity contribution is -0.166. The van der Waals surface area contributed by atoms with E-state index in [0.29, 0.717) is 34.0 Å². The van der Waals surface area contributed by atoms with Gasteiger partial charge in [0.25, 0.3) is 0 Å². The Balaban J connectivity index is 1.93. The van der Waals surface area contributed by atoms with E-state index in [4.69, 9.17) is 30.8 Å². The predicted molar refractivity (Wildman–Crippen MR) is 144 cm³/mol. The van der Waals surface area contributed by atoms with Gasteiger partial charge < -0.3 is 14.2 Å². The van der Waals surface area contributed by atoms with Crippen molar-refractivity contribution in [2.75, 3.05) is 13.2 Å². The normalized spacial score (nSPS) is 14.0. The van der Waals surface area contributed by atoms with E-state index in [1.807, 2.05) is 52.0 Å². The van der Waals surface area contributed by atoms with Crippen LogP contribution in [-0.2, 0) is 20.7 Å². The van der Waals surface area contributed by atoms with E-state index in [0.717, 1.165) is 34.2 Å². The third kappa shape index (κ3) is 4.64. The second kappa shape index (κ2) is 9.58. The first-order chi connectivity index (χ1) is 17.6. The van der Waals surface area contributed by atoms with Crippen LogP contribution in [-0.4, -0.2) is 29.8 Å². The molecule has 0 saturated heterocycles. The van der Waals surface area contributed by atoms with Crippen LogP contribution < -0.4 is 4.74 Å². The van der Waals surface area contributed by atoms with Crippen molar-refractivity contribution in [2.24, 2.45) is 0 Å². The van der Waals surface area contributed by atoms with Gasteiger partial charge in [-0.2, -0.15) is 0 Å². The summed E-state index contributed by atoms with van der Waals surface area (Å²) in [6, 6.07) is 10.4. The molecular formula is C30H29ClFNO4. The van der Waals surface area contributed by atoms with E-state index in [-0.39, 0.29) is 11.6 Å². The van der Waals surface area contributed by atoms with Crippen molar-refractivity contribution in [3.05, 3.63) is 70.1 Å². The maximum atomic E-state index is 14.8. The third-order valence-corrected chi connectivity index (χ3v) is 6.80. The zero-order valence-corrected chi connectivity index (χ0v) is 22.3. The van der Waals surface area contributed by atoms with E-state index < -0.39 is 23.5 Å². The topological polar surface area (TPSA) is 57.7 Å². The van der Waals surface area contributed by atoms with Crippen LogP contribution in [0.15, 0.2) is 42.6 Å². The van der Waals surface area contributed by atoms with Gasteiger partial charge in [0.1, 0.15) is 11.6 Å². The molecule has 0 fully saturated rings. The number of rotatable bonds is 5. The molecule has 0 unspecified atom stereocenters. The van der Waals surface area contributed by atoms with Crippen LogP contribution in [0, 0.1) is 12.7 Å². The lowest BCUT2D eigenvalue weighted by atomic mass is 9.85. The maximum Gasteiger partial charge on any atom is 0.339 e. The molecule has 192 valence electrons. The molecule has 1 atom stereocenters. The summed E-state index contributed by atoms with van der Waals surface area (Å²) in [7, 11) is 0. The molecule has 0 spiro atoms. The summed E-state index contributed by atoms with van der Waals surface area (Å²) >= 11 is 6.55. The van der Waals surface area contributed by atoms with E-state index in [9.17, 15) is 9.18 Å². The number of esters is 1. The van der Waals surface area contributed by atoms with Gasteiger partial charge in [-0.3, -0.25) is 4.98 Å². The van der Waals surface area contributed by atoms with Crippen LogP contribution >= 0.6 is 11.6 Å². The van der Waals surface area contributed by atoms with Gasteiger partial charge in [-0.25, -0.2) is 9.18 Å². The lowest BCUT2D eigenvalue weighted by Gasteiger charge is -2.30. The van der Waals surface area contributed by atoms with Gasteiger partial charge in [0.05, 0.1) is 29.4 Å². The molecule has 0 N–H and O–H groups in total. The number of carbonyl (C=O) groups excluding carboxylic acids is 1. The monoisotopic (exact) mass is 521 g/mol. The van der Waals surface area contributed by atoms with E-state index in [2.05, 4.69) is 0 Å². The molecule has 2 heterocycles. The Bertz CT molecular complexity index is 1530. The first-order valence-corrected chi connectivity index (χ1v) is 12.8. The zero-order valence-electron chi connectivity index (χ0n) is 21.6. The lowest BCUT2D eigenvalue weighted by Crippen LogP contribution is -2.29. The summed E-state index contributed by atoms with van der Waals surface area (Å²) in [6.45, 7) is 10.1. The highest BCUT2D eigenvalue weighted by Crippen LogP contribution is 2.46. The Hall–Kier alpha value is -3.22. The molecule has 0 amide bonds. The van der Waals surface area contributed by atoms with Gasteiger partial charge in [0.15, 0.2) is 6.10 Å². The molecule has 5 rings (SSSR count). The number of ether oxygens (including phenoxy) is 3. The molecule has 37 heavy (non-hydrogen) atoms. The van der Waals surface area contributed by atoms with E-state index in [1.165, 1.54) is 12.1 Å². The number of nitrogens with zero attached hydrogens (tertiary/aromatic N) is 1. The number of aryl methyl sites for hydroxylation is 1. The molecule has 1 aliphatic rings. The van der Waals surface area contributed by atoms with Crippen molar-refractivity contribution < 1.29 is 23.4 Å². The molecule has 7 heteroatoms. The number of aromatic nitrogens is 1. The van der Waals surface area contributed by atoms with Crippen LogP contribution in [0.1, 0.15) is 50.5 Å². The Morgan fingerprint density at radius 1 is 1.19 bits per heavy atom. The molecule has 0 radical (unpaired) electrons. The van der Waals surface area contributed by atoms with Crippen molar-refractivity contribution in [1.82, 2.24) is 4.98 Å². The highest BCUT2D eigenvalue weighted by Gasteiger charge is 2.34. The second-order valence-electron chi connectivity index (χ2n) is 10.2. The van der Waals surface area contributed by atoms with Gasteiger partial charge >= 0.3 is 5.97 Å². The zero-order chi connectivity index (χ0) is 26.5. The van der Waals surface area contributed by atoms with Crippen molar-refractivity contribution in [3.63, 3.8) is 0 Å². The summed E-state index contributed by atoms with van der Waals surface area (Å²) in [5.41, 5.74) is 3.92. The number of pyridine rings is 1. The van der Waals surface area contributed by atoms with Gasteiger partial charge in [-0.15, -0.1) is 0 Å². The summed E-state index contributed by atoms with van der Waals surface area (Å²) in [4.78, 5) is 18.1. The fourth-order valence-electron chi connectivity index (χ4n) is 5.10. The minimum atomic E-state index is -1.05. The smallest absolute Gasteiger partial charge is 0.339 e. The first-order valence-electron chi connectivity index (χ1n) is 12.4. The summed E-state index contributed by atoms with van der Waals surface area (Å²) in [5.74, 6) is -0.233. The Kier molecular flexibility index (Phi) is 6.59. The Morgan fingerprint density at radius 3 is 2.70 bits per heavy atom. The van der Waals surface area contributed by atoms with Crippen molar-refractivity contribution in [1.29, 1.82) is 0 Å². The molecule has 1 aliphatic heterocycles. The molecule has 3 aromatic carbocycles. The van der Waals surface area contributed by atoms with Gasteiger partial charge in [0, 0.05) is 34.5 Å². The standard InChI is InChI=1S/C30H29ClFNO4/c1-6-35-29(34)28(37-30(3,4)5)24-16(2)13-20-21(14-18(32)15-22(20)31)26(24)19-7-8-23-25-17(10-12-36-23)9-11-33-27(19)25/h7-9,11,13-15,28H,6,10,12H2,1-5H3/t28-/m0/s1. The second-order valence-corrected chi connectivity index (χ2v) is 10.6. The van der Waals surface area contributed by atoms with Gasteiger partial charge in [-0.1, -0.05) is 11.6 Å². The molecule has 0 saturated carbocycles. The third-order valence-electron chi connectivity index (χ3n) is 6.49. The van der Waals surface area contributed by atoms with Crippen molar-refractivity contribution >= 4 is 39.2 Å². The fraction of sp³-hybridized carbons (Fsp3) is 0.333. The van der Waals surface area contributed by atoms with Gasteiger partial charge in [-0.05, 0) is 93.1 Å². The molecular weight excluding hydrogens is 493 g/mol. The van der Waals surface area contributed by atoms with Crippen molar-refractivity contribution in [2.45, 2.75) is 52.7 Å². The van der Waals surface area contributed by atoms with E-state index in [1.54, 1.807) is 13.1 Å². The number of hydrogen-bond donors (Lipinski definition) is 0. The number of fused-ring (bicyclic) bond motifs is 1. The SMILES string of the molecule is CCOC(=O)[C@@H](OC(C)(C)C)c1c(C)cc2c(Cl)cc(F)cc2c1-c1ccc2c3c(ccnc13)CCO2. The predicted octanol–water partition coefficient (Wildman–Crippen LogP) is 7.51. The summed E-state index contributed by atoms with van der Waals surface area (Å²) in [5, 5.41) is 2.44. The highest BCUT2D eigenvalue weighted by atomic mass is 35.5. The average Bonchev–Trinajstić information content (AvgIpc) is 2.83. The molecule has 4 aromatic rings. The molecule has 5 nitrogen and oxygen atoms in total. The molecule has 0 bridgehead atoms. The van der Waals surface area contributed by atoms with Crippen LogP contribution in [0.3, 0.4) is 0 Å². The first kappa shape index (κ1) is 25.4. The minimum Gasteiger partial charge on any atom is -0.493 e. The highest BCUT2D eigenvalue weighted by molar-refractivity contribution is 6.36. The van der Waals surface area contributed by atoms with Crippen LogP contribution in [0.5, 0.6) is 5.75 Å². The van der Waals surface area contributed by atoms with Gasteiger partial charge in [0.2, 0.25) is 0 Å². The average molecular weight is 522 g/mol. The van der Waals surface area contributed by atoms with E-state index >= 15 is 0 Å². The minimum absolute atomic E-state index is 0.200. The number of benzene rings is 3. The quantitative estimate of drug-likeness (QED) is 0.254. The summed E-state index contributed by atoms with van der Waals surface area (Å²) < 4.78 is 32.6. The molecule has 0 aliphatic carbocycles. The summed E-state index contributed by atoms with van der Waals surface area (Å²) in [6.07, 6.45) is 1.48. The fourth-order valence-corrected chi connectivity index (χ4v) is 5.36. The number of hydrogen-bond acceptors (Lipinski definition) is 5. The maximum absolute atomic E-state index is 14.8. The number of carbonyl (C=O) groups is 1.